The number of morpholine rings is 1. The second-order valence-electron chi connectivity index (χ2n) is 6.81. The Morgan fingerprint density at radius 1 is 1.31 bits per heavy atom. The second kappa shape index (κ2) is 8.01. The quantitative estimate of drug-likeness (QED) is 0.810. The lowest BCUT2D eigenvalue weighted by Crippen LogP contribution is -2.56. The van der Waals surface area contributed by atoms with Crippen molar-refractivity contribution in [3.63, 3.8) is 0 Å². The van der Waals surface area contributed by atoms with E-state index in [1.54, 1.807) is 28.2 Å². The van der Waals surface area contributed by atoms with Crippen LogP contribution in [0.15, 0.2) is 47.2 Å². The summed E-state index contributed by atoms with van der Waals surface area (Å²) in [7, 11) is 1.78. The first-order valence-corrected chi connectivity index (χ1v) is 9.67. The number of carbonyl (C=O) groups is 2. The van der Waals surface area contributed by atoms with Gasteiger partial charge in [0, 0.05) is 19.6 Å². The smallest absolute Gasteiger partial charge is 0.254 e. The zero-order valence-corrected chi connectivity index (χ0v) is 16.1. The highest BCUT2D eigenvalue weighted by atomic mass is 32.1. The lowest BCUT2D eigenvalue weighted by molar-refractivity contribution is -0.171. The van der Waals surface area contributed by atoms with Crippen molar-refractivity contribution in [1.29, 1.82) is 0 Å². The first kappa shape index (κ1) is 18.6. The Morgan fingerprint density at radius 3 is 2.65 bits per heavy atom. The van der Waals surface area contributed by atoms with E-state index in [1.807, 2.05) is 61.0 Å². The van der Waals surface area contributed by atoms with Gasteiger partial charge in [0.25, 0.3) is 5.91 Å². The van der Waals surface area contributed by atoms with Crippen LogP contribution < -0.4 is 0 Å². The molecule has 1 fully saturated rings. The molecule has 138 valence electrons. The van der Waals surface area contributed by atoms with Gasteiger partial charge in [-0.15, -0.1) is 0 Å². The van der Waals surface area contributed by atoms with Crippen molar-refractivity contribution >= 4 is 23.2 Å². The van der Waals surface area contributed by atoms with Crippen LogP contribution in [0.25, 0.3) is 0 Å². The van der Waals surface area contributed by atoms with E-state index < -0.39 is 12.1 Å². The summed E-state index contributed by atoms with van der Waals surface area (Å²) >= 11 is 1.61. The Morgan fingerprint density at radius 2 is 2.04 bits per heavy atom. The minimum Gasteiger partial charge on any atom is -0.356 e. The highest BCUT2D eigenvalue weighted by Crippen LogP contribution is 2.33. The molecule has 2 amide bonds. The van der Waals surface area contributed by atoms with Crippen LogP contribution in [0, 0.1) is 0 Å². The summed E-state index contributed by atoms with van der Waals surface area (Å²) in [6.07, 6.45) is -0.707. The topological polar surface area (TPSA) is 49.9 Å². The van der Waals surface area contributed by atoms with Crippen LogP contribution in [0.5, 0.6) is 0 Å². The van der Waals surface area contributed by atoms with Crippen molar-refractivity contribution in [2.24, 2.45) is 0 Å². The summed E-state index contributed by atoms with van der Waals surface area (Å²) in [4.78, 5) is 29.1. The van der Waals surface area contributed by atoms with Crippen LogP contribution in [0.1, 0.15) is 31.0 Å². The van der Waals surface area contributed by atoms with Gasteiger partial charge in [0.1, 0.15) is 6.61 Å². The molecule has 1 aromatic carbocycles. The maximum Gasteiger partial charge on any atom is 0.254 e. The number of amides is 2. The van der Waals surface area contributed by atoms with Gasteiger partial charge >= 0.3 is 0 Å². The van der Waals surface area contributed by atoms with Crippen LogP contribution in [0.2, 0.25) is 0 Å². The molecule has 6 heteroatoms. The van der Waals surface area contributed by atoms with Gasteiger partial charge in [-0.05, 0) is 41.8 Å². The highest BCUT2D eigenvalue weighted by molar-refractivity contribution is 7.07. The molecule has 0 aliphatic carbocycles. The number of hydrogen-bond donors (Lipinski definition) is 0. The molecule has 0 spiro atoms. The number of rotatable bonds is 5. The van der Waals surface area contributed by atoms with Gasteiger partial charge in [-0.25, -0.2) is 0 Å². The van der Waals surface area contributed by atoms with E-state index in [1.165, 1.54) is 0 Å². The molecule has 1 aromatic heterocycles. The third-order valence-corrected chi connectivity index (χ3v) is 5.31. The zero-order chi connectivity index (χ0) is 18.7. The molecule has 1 saturated heterocycles. The zero-order valence-electron chi connectivity index (χ0n) is 15.3. The number of likely N-dealkylation sites (N-methyl/N-ethyl adjacent to an activating group) is 1. The number of nitrogens with zero attached hydrogens (tertiary/aromatic N) is 2. The fourth-order valence-electron chi connectivity index (χ4n) is 3.38. The average molecular weight is 372 g/mol. The summed E-state index contributed by atoms with van der Waals surface area (Å²) < 4.78 is 5.76. The minimum absolute atomic E-state index is 0.0194. The third-order valence-electron chi connectivity index (χ3n) is 4.58. The maximum atomic E-state index is 13.1. The summed E-state index contributed by atoms with van der Waals surface area (Å²) in [5, 5.41) is 4.03. The summed E-state index contributed by atoms with van der Waals surface area (Å²) in [5.74, 6) is -0.193. The van der Waals surface area contributed by atoms with Gasteiger partial charge in [0.15, 0.2) is 6.10 Å². The van der Waals surface area contributed by atoms with Crippen molar-refractivity contribution in [2.45, 2.75) is 38.6 Å². The van der Waals surface area contributed by atoms with Crippen LogP contribution in [-0.2, 0) is 20.9 Å². The van der Waals surface area contributed by atoms with E-state index >= 15 is 0 Å². The van der Waals surface area contributed by atoms with E-state index in [4.69, 9.17) is 4.74 Å². The van der Waals surface area contributed by atoms with Gasteiger partial charge in [-0.3, -0.25) is 9.59 Å². The summed E-state index contributed by atoms with van der Waals surface area (Å²) in [6.45, 7) is 4.40. The average Bonchev–Trinajstić information content (AvgIpc) is 3.14. The van der Waals surface area contributed by atoms with E-state index in [2.05, 4.69) is 0 Å². The molecular weight excluding hydrogens is 348 g/mol. The molecule has 0 unspecified atom stereocenters. The Bertz CT molecular complexity index is 746. The highest BCUT2D eigenvalue weighted by Gasteiger charge is 2.43. The lowest BCUT2D eigenvalue weighted by Gasteiger charge is -2.43. The first-order valence-electron chi connectivity index (χ1n) is 8.72. The number of hydrogen-bond acceptors (Lipinski definition) is 4. The van der Waals surface area contributed by atoms with Crippen LogP contribution >= 0.6 is 11.3 Å². The fourth-order valence-corrected chi connectivity index (χ4v) is 4.04. The first-order chi connectivity index (χ1) is 12.5. The third kappa shape index (κ3) is 3.81. The molecule has 0 saturated carbocycles. The molecule has 2 atom stereocenters. The SMILES string of the molecule is CC(C)N1C(=O)CO[C@H](C(=O)N(C)Cc2ccsc2)[C@H]1c1ccccc1. The van der Waals surface area contributed by atoms with Crippen molar-refractivity contribution in [3.8, 4) is 0 Å². The molecule has 0 N–H and O–H groups in total. The van der Waals surface area contributed by atoms with Crippen molar-refractivity contribution in [1.82, 2.24) is 9.80 Å². The maximum absolute atomic E-state index is 13.1. The van der Waals surface area contributed by atoms with Crippen molar-refractivity contribution in [3.05, 3.63) is 58.3 Å². The molecule has 1 aliphatic rings. The monoisotopic (exact) mass is 372 g/mol. The lowest BCUT2D eigenvalue weighted by atomic mass is 9.95. The second-order valence-corrected chi connectivity index (χ2v) is 7.59. The van der Waals surface area contributed by atoms with Crippen LogP contribution in [0.4, 0.5) is 0 Å². The van der Waals surface area contributed by atoms with Gasteiger partial charge in [0.05, 0.1) is 6.04 Å². The largest absolute Gasteiger partial charge is 0.356 e. The molecule has 26 heavy (non-hydrogen) atoms. The number of ether oxygens (including phenoxy) is 1. The summed E-state index contributed by atoms with van der Waals surface area (Å²) in [6, 6.07) is 11.2. The van der Waals surface area contributed by atoms with Gasteiger partial charge in [-0.2, -0.15) is 11.3 Å². The van der Waals surface area contributed by atoms with E-state index in [0.717, 1.165) is 11.1 Å². The van der Waals surface area contributed by atoms with Crippen molar-refractivity contribution < 1.29 is 14.3 Å². The molecule has 0 radical (unpaired) electrons. The molecule has 3 rings (SSSR count). The molecule has 0 bridgehead atoms. The molecule has 5 nitrogen and oxygen atoms in total. The number of benzene rings is 1. The van der Waals surface area contributed by atoms with E-state index in [0.29, 0.717) is 6.54 Å². The Hall–Kier alpha value is -2.18. The van der Waals surface area contributed by atoms with Crippen LogP contribution in [0.3, 0.4) is 0 Å². The fraction of sp³-hybridized carbons (Fsp3) is 0.400. The van der Waals surface area contributed by atoms with Gasteiger partial charge in [-0.1, -0.05) is 30.3 Å². The molecule has 1 aliphatic heterocycles. The van der Waals surface area contributed by atoms with E-state index in [-0.39, 0.29) is 24.5 Å². The van der Waals surface area contributed by atoms with E-state index in [9.17, 15) is 9.59 Å². The standard InChI is InChI=1S/C20H24N2O3S/c1-14(2)22-17(23)12-25-19(18(22)16-7-5-4-6-8-16)20(24)21(3)11-15-9-10-26-13-15/h4-10,13-14,18-19H,11-12H2,1-3H3/t18-,19+/m1/s1. The van der Waals surface area contributed by atoms with Crippen LogP contribution in [-0.4, -0.2) is 47.4 Å². The predicted octanol–water partition coefficient (Wildman–Crippen LogP) is 3.08. The Balaban J connectivity index is 1.89. The number of thiophene rings is 1. The minimum atomic E-state index is -0.707. The van der Waals surface area contributed by atoms with Gasteiger partial charge in [0.2, 0.25) is 5.91 Å². The number of carbonyl (C=O) groups excluding carboxylic acids is 2. The Labute approximate surface area is 158 Å². The van der Waals surface area contributed by atoms with Gasteiger partial charge < -0.3 is 14.5 Å². The molecule has 2 heterocycles. The molecule has 2 aromatic rings. The molecular formula is C20H24N2O3S. The normalized spacial score (nSPS) is 20.5. The van der Waals surface area contributed by atoms with Crippen molar-refractivity contribution in [2.75, 3.05) is 13.7 Å². The predicted molar refractivity (Wildman–Crippen MR) is 102 cm³/mol. The summed E-state index contributed by atoms with van der Waals surface area (Å²) in [5.41, 5.74) is 2.01. The Kier molecular flexibility index (Phi) is 5.74.